The van der Waals surface area contributed by atoms with Gasteiger partial charge in [-0.3, -0.25) is 9.59 Å². The molecule has 0 saturated heterocycles. The van der Waals surface area contributed by atoms with Gasteiger partial charge in [0.05, 0.1) is 17.3 Å². The first-order valence-electron chi connectivity index (χ1n) is 7.72. The molecule has 0 fully saturated rings. The second-order valence-electron chi connectivity index (χ2n) is 5.59. The number of anilines is 1. The van der Waals surface area contributed by atoms with E-state index < -0.39 is 6.10 Å². The third kappa shape index (κ3) is 4.03. The van der Waals surface area contributed by atoms with E-state index in [9.17, 15) is 9.59 Å². The first kappa shape index (κ1) is 17.1. The summed E-state index contributed by atoms with van der Waals surface area (Å²) < 4.78 is 11.2. The zero-order chi connectivity index (χ0) is 17.8. The Labute approximate surface area is 150 Å². The number of para-hydroxylation sites is 3. The van der Waals surface area contributed by atoms with Crippen molar-refractivity contribution in [3.8, 4) is 11.5 Å². The third-order valence-electron chi connectivity index (χ3n) is 3.69. The van der Waals surface area contributed by atoms with Crippen molar-refractivity contribution in [3.63, 3.8) is 0 Å². The largest absolute Gasteiger partial charge is 0.485 e. The van der Waals surface area contributed by atoms with Crippen LogP contribution in [0.3, 0.4) is 0 Å². The molecule has 1 unspecified atom stereocenters. The molecular formula is C18H17ClN2O4. The highest BCUT2D eigenvalue weighted by atomic mass is 35.5. The van der Waals surface area contributed by atoms with Crippen molar-refractivity contribution in [1.29, 1.82) is 0 Å². The van der Waals surface area contributed by atoms with Crippen molar-refractivity contribution < 1.29 is 19.1 Å². The lowest BCUT2D eigenvalue weighted by Gasteiger charge is -2.28. The molecule has 1 aliphatic rings. The lowest BCUT2D eigenvalue weighted by Crippen LogP contribution is -2.47. The van der Waals surface area contributed by atoms with Crippen LogP contribution in [0.2, 0.25) is 5.02 Å². The number of fused-ring (bicyclic) bond motifs is 1. The van der Waals surface area contributed by atoms with Gasteiger partial charge in [0.15, 0.2) is 11.5 Å². The number of ether oxygens (including phenoxy) is 2. The summed E-state index contributed by atoms with van der Waals surface area (Å²) >= 11 is 6.01. The van der Waals surface area contributed by atoms with Gasteiger partial charge in [-0.25, -0.2) is 0 Å². The van der Waals surface area contributed by atoms with E-state index in [1.165, 1.54) is 4.90 Å². The smallest absolute Gasteiger partial charge is 0.267 e. The summed E-state index contributed by atoms with van der Waals surface area (Å²) in [7, 11) is 1.54. The van der Waals surface area contributed by atoms with Gasteiger partial charge in [-0.1, -0.05) is 35.9 Å². The van der Waals surface area contributed by atoms with Crippen molar-refractivity contribution in [3.05, 3.63) is 53.6 Å². The summed E-state index contributed by atoms with van der Waals surface area (Å²) in [6.45, 7) is -0.0160. The number of benzene rings is 2. The standard InChI is InChI=1S/C18H17ClN2O4/c1-21(10-17(22)20-13-7-3-2-6-12(13)19)18(23)16-11-24-14-8-4-5-9-15(14)25-16/h2-9,16H,10-11H2,1H3,(H,20,22). The fraction of sp³-hybridized carbons (Fsp3) is 0.222. The number of carbonyl (C=O) groups is 2. The third-order valence-corrected chi connectivity index (χ3v) is 4.02. The SMILES string of the molecule is CN(CC(=O)Nc1ccccc1Cl)C(=O)C1COc2ccccc2O1. The fourth-order valence-corrected chi connectivity index (χ4v) is 2.62. The van der Waals surface area contributed by atoms with E-state index in [4.69, 9.17) is 21.1 Å². The summed E-state index contributed by atoms with van der Waals surface area (Å²) in [6.07, 6.45) is -0.784. The molecule has 0 bridgehead atoms. The number of nitrogens with zero attached hydrogens (tertiary/aromatic N) is 1. The summed E-state index contributed by atoms with van der Waals surface area (Å²) in [4.78, 5) is 25.9. The monoisotopic (exact) mass is 360 g/mol. The Kier molecular flexibility index (Phi) is 5.09. The Morgan fingerprint density at radius 1 is 1.16 bits per heavy atom. The Morgan fingerprint density at radius 2 is 1.84 bits per heavy atom. The molecule has 2 aromatic carbocycles. The van der Waals surface area contributed by atoms with Gasteiger partial charge in [0.25, 0.3) is 5.91 Å². The number of likely N-dealkylation sites (N-methyl/N-ethyl adjacent to an activating group) is 1. The van der Waals surface area contributed by atoms with Crippen LogP contribution in [0.5, 0.6) is 11.5 Å². The van der Waals surface area contributed by atoms with E-state index in [1.807, 2.05) is 6.07 Å². The van der Waals surface area contributed by atoms with Gasteiger partial charge < -0.3 is 19.7 Å². The number of amides is 2. The molecule has 0 spiro atoms. The van der Waals surface area contributed by atoms with E-state index >= 15 is 0 Å². The molecule has 0 saturated carbocycles. The zero-order valence-electron chi connectivity index (χ0n) is 13.6. The van der Waals surface area contributed by atoms with E-state index in [-0.39, 0.29) is 25.0 Å². The number of nitrogens with one attached hydrogen (secondary N) is 1. The van der Waals surface area contributed by atoms with Crippen LogP contribution in [0.1, 0.15) is 0 Å². The van der Waals surface area contributed by atoms with Crippen LogP contribution in [0.25, 0.3) is 0 Å². The van der Waals surface area contributed by atoms with Crippen molar-refractivity contribution >= 4 is 29.1 Å². The second-order valence-corrected chi connectivity index (χ2v) is 5.99. The normalized spacial score (nSPS) is 15.4. The second kappa shape index (κ2) is 7.44. The van der Waals surface area contributed by atoms with Crippen LogP contribution in [0, 0.1) is 0 Å². The Bertz CT molecular complexity index is 796. The minimum atomic E-state index is -0.784. The predicted molar refractivity (Wildman–Crippen MR) is 94.1 cm³/mol. The molecule has 7 heteroatoms. The molecule has 1 atom stereocenters. The number of hydrogen-bond donors (Lipinski definition) is 1. The van der Waals surface area contributed by atoms with E-state index in [0.717, 1.165) is 0 Å². The predicted octanol–water partition coefficient (Wildman–Crippen LogP) is 2.58. The van der Waals surface area contributed by atoms with Crippen LogP contribution in [-0.2, 0) is 9.59 Å². The Hall–Kier alpha value is -2.73. The zero-order valence-corrected chi connectivity index (χ0v) is 14.3. The van der Waals surface area contributed by atoms with Gasteiger partial charge in [-0.15, -0.1) is 0 Å². The van der Waals surface area contributed by atoms with Gasteiger partial charge in [0.2, 0.25) is 12.0 Å². The van der Waals surface area contributed by atoms with Crippen LogP contribution in [-0.4, -0.2) is 43.0 Å². The maximum Gasteiger partial charge on any atom is 0.267 e. The van der Waals surface area contributed by atoms with Crippen LogP contribution in [0.15, 0.2) is 48.5 Å². The quantitative estimate of drug-likeness (QED) is 0.910. The number of halogens is 1. The summed E-state index contributed by atoms with van der Waals surface area (Å²) in [5.41, 5.74) is 0.501. The summed E-state index contributed by atoms with van der Waals surface area (Å²) in [5.74, 6) is 0.441. The molecule has 0 radical (unpaired) electrons. The first-order chi connectivity index (χ1) is 12.0. The first-order valence-corrected chi connectivity index (χ1v) is 8.10. The van der Waals surface area contributed by atoms with Crippen LogP contribution in [0.4, 0.5) is 5.69 Å². The maximum absolute atomic E-state index is 12.5. The van der Waals surface area contributed by atoms with E-state index in [0.29, 0.717) is 22.2 Å². The Morgan fingerprint density at radius 3 is 2.60 bits per heavy atom. The lowest BCUT2D eigenvalue weighted by molar-refractivity contribution is -0.141. The summed E-state index contributed by atoms with van der Waals surface area (Å²) in [6, 6.07) is 14.0. The van der Waals surface area contributed by atoms with Crippen LogP contribution < -0.4 is 14.8 Å². The highest BCUT2D eigenvalue weighted by Crippen LogP contribution is 2.31. The molecule has 0 aromatic heterocycles. The molecular weight excluding hydrogens is 344 g/mol. The highest BCUT2D eigenvalue weighted by Gasteiger charge is 2.30. The average molecular weight is 361 g/mol. The molecule has 2 aromatic rings. The van der Waals surface area contributed by atoms with Gasteiger partial charge in [-0.05, 0) is 24.3 Å². The molecule has 25 heavy (non-hydrogen) atoms. The van der Waals surface area contributed by atoms with Crippen molar-refractivity contribution in [2.75, 3.05) is 25.5 Å². The molecule has 1 heterocycles. The molecule has 0 aliphatic carbocycles. The molecule has 1 aliphatic heterocycles. The lowest BCUT2D eigenvalue weighted by atomic mass is 10.2. The summed E-state index contributed by atoms with van der Waals surface area (Å²) in [5, 5.41) is 3.11. The number of carbonyl (C=O) groups excluding carboxylic acids is 2. The molecule has 130 valence electrons. The molecule has 2 amide bonds. The highest BCUT2D eigenvalue weighted by molar-refractivity contribution is 6.33. The van der Waals surface area contributed by atoms with Crippen molar-refractivity contribution in [2.45, 2.75) is 6.10 Å². The van der Waals surface area contributed by atoms with Gasteiger partial charge in [0, 0.05) is 7.05 Å². The average Bonchev–Trinajstić information content (AvgIpc) is 2.62. The van der Waals surface area contributed by atoms with Crippen LogP contribution >= 0.6 is 11.6 Å². The van der Waals surface area contributed by atoms with E-state index in [2.05, 4.69) is 5.32 Å². The topological polar surface area (TPSA) is 67.9 Å². The molecule has 1 N–H and O–H groups in total. The Balaban J connectivity index is 1.58. The van der Waals surface area contributed by atoms with Crippen molar-refractivity contribution in [2.24, 2.45) is 0 Å². The number of hydrogen-bond acceptors (Lipinski definition) is 4. The fourth-order valence-electron chi connectivity index (χ4n) is 2.43. The molecule has 6 nitrogen and oxygen atoms in total. The minimum Gasteiger partial charge on any atom is -0.485 e. The van der Waals surface area contributed by atoms with Crippen molar-refractivity contribution in [1.82, 2.24) is 4.90 Å². The van der Waals surface area contributed by atoms with Gasteiger partial charge in [0.1, 0.15) is 6.61 Å². The van der Waals surface area contributed by atoms with E-state index in [1.54, 1.807) is 49.5 Å². The van der Waals surface area contributed by atoms with Gasteiger partial charge >= 0.3 is 0 Å². The molecule has 3 rings (SSSR count). The number of rotatable bonds is 4. The minimum absolute atomic E-state index is 0.103. The van der Waals surface area contributed by atoms with Gasteiger partial charge in [-0.2, -0.15) is 0 Å². The maximum atomic E-state index is 12.5.